The highest BCUT2D eigenvalue weighted by Crippen LogP contribution is 2.27. The van der Waals surface area contributed by atoms with Gasteiger partial charge in [-0.3, -0.25) is 9.48 Å². The molecule has 0 aliphatic heterocycles. The van der Waals surface area contributed by atoms with Crippen LogP contribution in [-0.2, 0) is 7.05 Å². The standard InChI is InChI=1S/C21H19N7O2/c1-13-18-15(11-16(17-6-4-10-30-17)26-20(18)28(2)27-13)21(29)25-9-8-24-19-14(12-22)5-3-7-23-19/h3-7,10-11H,8-9H2,1-2H3,(H,23,24)(H,25,29). The first-order valence-electron chi connectivity index (χ1n) is 9.34. The zero-order valence-corrected chi connectivity index (χ0v) is 16.5. The van der Waals surface area contributed by atoms with E-state index in [9.17, 15) is 4.79 Å². The highest BCUT2D eigenvalue weighted by atomic mass is 16.3. The number of furan rings is 1. The Balaban J connectivity index is 1.55. The maximum atomic E-state index is 13.0. The zero-order valence-electron chi connectivity index (χ0n) is 16.5. The summed E-state index contributed by atoms with van der Waals surface area (Å²) >= 11 is 0. The van der Waals surface area contributed by atoms with Crippen molar-refractivity contribution in [1.82, 2.24) is 25.1 Å². The van der Waals surface area contributed by atoms with Crippen molar-refractivity contribution in [1.29, 1.82) is 5.26 Å². The fourth-order valence-electron chi connectivity index (χ4n) is 3.26. The van der Waals surface area contributed by atoms with Crippen molar-refractivity contribution in [2.45, 2.75) is 6.92 Å². The van der Waals surface area contributed by atoms with Crippen LogP contribution in [0.2, 0.25) is 0 Å². The van der Waals surface area contributed by atoms with E-state index in [4.69, 9.17) is 9.68 Å². The summed E-state index contributed by atoms with van der Waals surface area (Å²) in [6, 6.07) is 10.7. The van der Waals surface area contributed by atoms with Gasteiger partial charge in [0.1, 0.15) is 17.6 Å². The minimum Gasteiger partial charge on any atom is -0.463 e. The molecule has 9 heteroatoms. The van der Waals surface area contributed by atoms with Gasteiger partial charge < -0.3 is 15.1 Å². The summed E-state index contributed by atoms with van der Waals surface area (Å²) in [5.41, 5.74) is 2.82. The zero-order chi connectivity index (χ0) is 21.1. The van der Waals surface area contributed by atoms with Crippen molar-refractivity contribution in [2.75, 3.05) is 18.4 Å². The summed E-state index contributed by atoms with van der Waals surface area (Å²) in [7, 11) is 1.79. The van der Waals surface area contributed by atoms with E-state index >= 15 is 0 Å². The second-order valence-corrected chi connectivity index (χ2v) is 6.63. The van der Waals surface area contributed by atoms with Gasteiger partial charge in [0, 0.05) is 26.3 Å². The van der Waals surface area contributed by atoms with Gasteiger partial charge >= 0.3 is 0 Å². The van der Waals surface area contributed by atoms with Crippen LogP contribution in [-0.4, -0.2) is 38.7 Å². The number of anilines is 1. The molecule has 0 aliphatic rings. The SMILES string of the molecule is Cc1nn(C)c2nc(-c3ccco3)cc(C(=O)NCCNc3ncccc3C#N)c12. The van der Waals surface area contributed by atoms with Gasteiger partial charge in [0.25, 0.3) is 5.91 Å². The fourth-order valence-corrected chi connectivity index (χ4v) is 3.26. The molecule has 1 amide bonds. The minimum absolute atomic E-state index is 0.241. The summed E-state index contributed by atoms with van der Waals surface area (Å²) in [5, 5.41) is 20.2. The van der Waals surface area contributed by atoms with E-state index in [-0.39, 0.29) is 5.91 Å². The molecule has 0 atom stereocenters. The van der Waals surface area contributed by atoms with Crippen LogP contribution in [0, 0.1) is 18.3 Å². The van der Waals surface area contributed by atoms with Crippen LogP contribution in [0.25, 0.3) is 22.5 Å². The van der Waals surface area contributed by atoms with Gasteiger partial charge in [-0.05, 0) is 37.3 Å². The Labute approximate surface area is 172 Å². The van der Waals surface area contributed by atoms with Crippen LogP contribution in [0.4, 0.5) is 5.82 Å². The molecule has 0 aromatic carbocycles. The average molecular weight is 401 g/mol. The molecule has 0 unspecified atom stereocenters. The van der Waals surface area contributed by atoms with Crippen LogP contribution >= 0.6 is 0 Å². The van der Waals surface area contributed by atoms with Crippen molar-refractivity contribution in [2.24, 2.45) is 7.05 Å². The van der Waals surface area contributed by atoms with Gasteiger partial charge in [0.2, 0.25) is 0 Å². The molecule has 4 aromatic heterocycles. The Morgan fingerprint density at radius 3 is 2.93 bits per heavy atom. The van der Waals surface area contributed by atoms with Crippen molar-refractivity contribution < 1.29 is 9.21 Å². The van der Waals surface area contributed by atoms with E-state index in [1.807, 2.05) is 6.92 Å². The molecule has 4 rings (SSSR count). The molecule has 150 valence electrons. The molecule has 0 spiro atoms. The molecule has 30 heavy (non-hydrogen) atoms. The number of nitrogens with zero attached hydrogens (tertiary/aromatic N) is 5. The highest BCUT2D eigenvalue weighted by Gasteiger charge is 2.19. The maximum absolute atomic E-state index is 13.0. The Bertz CT molecular complexity index is 1250. The third kappa shape index (κ3) is 3.58. The molecule has 9 nitrogen and oxygen atoms in total. The van der Waals surface area contributed by atoms with Crippen LogP contribution in [0.15, 0.2) is 47.2 Å². The number of aryl methyl sites for hydroxylation is 2. The Morgan fingerprint density at radius 2 is 2.17 bits per heavy atom. The molecule has 2 N–H and O–H groups in total. The number of hydrogen-bond acceptors (Lipinski definition) is 7. The summed E-state index contributed by atoms with van der Waals surface area (Å²) < 4.78 is 7.10. The number of amides is 1. The number of rotatable bonds is 6. The molecule has 0 bridgehead atoms. The Kier molecular flexibility index (Phi) is 5.13. The lowest BCUT2D eigenvalue weighted by Gasteiger charge is -2.10. The molecule has 0 fully saturated rings. The smallest absolute Gasteiger partial charge is 0.252 e. The van der Waals surface area contributed by atoms with Gasteiger partial charge in [-0.1, -0.05) is 0 Å². The van der Waals surface area contributed by atoms with Crippen molar-refractivity contribution >= 4 is 22.8 Å². The van der Waals surface area contributed by atoms with E-state index in [1.54, 1.807) is 54.5 Å². The van der Waals surface area contributed by atoms with Gasteiger partial charge in [-0.25, -0.2) is 9.97 Å². The predicted molar refractivity (Wildman–Crippen MR) is 111 cm³/mol. The van der Waals surface area contributed by atoms with E-state index in [2.05, 4.69) is 31.8 Å². The molecule has 0 saturated heterocycles. The van der Waals surface area contributed by atoms with Gasteiger partial charge in [0.15, 0.2) is 11.4 Å². The number of pyridine rings is 2. The van der Waals surface area contributed by atoms with E-state index in [1.165, 1.54) is 0 Å². The average Bonchev–Trinajstić information content (AvgIpc) is 3.39. The first-order valence-corrected chi connectivity index (χ1v) is 9.34. The van der Waals surface area contributed by atoms with Crippen LogP contribution in [0.1, 0.15) is 21.6 Å². The van der Waals surface area contributed by atoms with Gasteiger partial charge in [-0.15, -0.1) is 0 Å². The van der Waals surface area contributed by atoms with Gasteiger partial charge in [0.05, 0.1) is 28.5 Å². The number of fused-ring (bicyclic) bond motifs is 1. The Hall–Kier alpha value is -4.19. The summed E-state index contributed by atoms with van der Waals surface area (Å²) in [6.07, 6.45) is 3.17. The van der Waals surface area contributed by atoms with Crippen molar-refractivity contribution in [3.63, 3.8) is 0 Å². The Morgan fingerprint density at radius 1 is 1.30 bits per heavy atom. The lowest BCUT2D eigenvalue weighted by atomic mass is 10.1. The van der Waals surface area contributed by atoms with Crippen LogP contribution < -0.4 is 10.6 Å². The molecular weight excluding hydrogens is 382 g/mol. The number of aromatic nitrogens is 4. The third-order valence-electron chi connectivity index (χ3n) is 4.62. The first-order chi connectivity index (χ1) is 14.6. The number of carbonyl (C=O) groups is 1. The highest BCUT2D eigenvalue weighted by molar-refractivity contribution is 6.07. The second-order valence-electron chi connectivity index (χ2n) is 6.63. The first kappa shape index (κ1) is 19.1. The molecule has 4 aromatic rings. The number of carbonyl (C=O) groups excluding carboxylic acids is 1. The fraction of sp³-hybridized carbons (Fsp3) is 0.190. The third-order valence-corrected chi connectivity index (χ3v) is 4.62. The van der Waals surface area contributed by atoms with Gasteiger partial charge in [-0.2, -0.15) is 10.4 Å². The molecule has 0 aliphatic carbocycles. The largest absolute Gasteiger partial charge is 0.463 e. The summed E-state index contributed by atoms with van der Waals surface area (Å²) in [6.45, 7) is 2.61. The quantitative estimate of drug-likeness (QED) is 0.476. The van der Waals surface area contributed by atoms with E-state index < -0.39 is 0 Å². The summed E-state index contributed by atoms with van der Waals surface area (Å²) in [4.78, 5) is 21.7. The number of nitrogens with one attached hydrogen (secondary N) is 2. The normalized spacial score (nSPS) is 10.7. The maximum Gasteiger partial charge on any atom is 0.252 e. The summed E-state index contributed by atoms with van der Waals surface area (Å²) in [5.74, 6) is 0.823. The molecule has 4 heterocycles. The topological polar surface area (TPSA) is 122 Å². The van der Waals surface area contributed by atoms with E-state index in [0.717, 1.165) is 5.69 Å². The van der Waals surface area contributed by atoms with Crippen molar-refractivity contribution in [3.05, 3.63) is 59.6 Å². The predicted octanol–water partition coefficient (Wildman–Crippen LogP) is 2.65. The second kappa shape index (κ2) is 8.05. The lowest BCUT2D eigenvalue weighted by Crippen LogP contribution is -2.29. The van der Waals surface area contributed by atoms with E-state index in [0.29, 0.717) is 52.5 Å². The number of nitriles is 1. The van der Waals surface area contributed by atoms with Crippen LogP contribution in [0.3, 0.4) is 0 Å². The minimum atomic E-state index is -0.241. The lowest BCUT2D eigenvalue weighted by molar-refractivity contribution is 0.0956. The van der Waals surface area contributed by atoms with Crippen LogP contribution in [0.5, 0.6) is 0 Å². The number of hydrogen-bond donors (Lipinski definition) is 2. The molecular formula is C21H19N7O2. The van der Waals surface area contributed by atoms with Crippen molar-refractivity contribution in [3.8, 4) is 17.5 Å². The molecule has 0 radical (unpaired) electrons. The monoisotopic (exact) mass is 401 g/mol. The molecule has 0 saturated carbocycles.